The molecule has 0 radical (unpaired) electrons. The molecule has 27 heavy (non-hydrogen) atoms. The highest BCUT2D eigenvalue weighted by Crippen LogP contribution is 2.37. The molecule has 2 aliphatic rings. The maximum atomic E-state index is 12.7. The van der Waals surface area contributed by atoms with Gasteiger partial charge in [-0.05, 0) is 19.9 Å². The van der Waals surface area contributed by atoms with Crippen LogP contribution in [0, 0.1) is 0 Å². The number of fused-ring (bicyclic) bond motifs is 1. The Morgan fingerprint density at radius 1 is 1.52 bits per heavy atom. The van der Waals surface area contributed by atoms with Crippen molar-refractivity contribution in [3.05, 3.63) is 17.6 Å². The number of oxime groups is 1. The first kappa shape index (κ1) is 19.1. The number of hydrogen-bond acceptors (Lipinski definition) is 10. The third-order valence-corrected chi connectivity index (χ3v) is 5.30. The van der Waals surface area contributed by atoms with Crippen molar-refractivity contribution in [2.75, 3.05) is 11.5 Å². The van der Waals surface area contributed by atoms with Crippen molar-refractivity contribution in [2.45, 2.75) is 31.4 Å². The molecule has 11 nitrogen and oxygen atoms in total. The number of carbonyl (C=O) groups is 3. The molecule has 3 rings (SSSR count). The maximum absolute atomic E-state index is 12.7. The minimum Gasteiger partial charge on any atom is -0.477 e. The standard InChI is InChI=1S/C14H16N6O5S2/c1-5(2)25-18-7(9-17-14(15)27-19-9)10(21)16-8-11(22)20-6(13(23)24)3-4-26-12(8)20/h3,5,8,12H,4H2,1-2H3,(H,16,21)(H,23,24)(H2,15,17,19)/t8?,12-/m0/s1. The van der Waals surface area contributed by atoms with Crippen molar-refractivity contribution in [2.24, 2.45) is 5.16 Å². The second kappa shape index (κ2) is 7.52. The Bertz CT molecular complexity index is 851. The van der Waals surface area contributed by atoms with Gasteiger partial charge in [0.2, 0.25) is 11.5 Å². The molecule has 0 saturated carbocycles. The molecule has 1 aromatic heterocycles. The minimum absolute atomic E-state index is 0.0123. The third-order valence-electron chi connectivity index (χ3n) is 3.58. The Balaban J connectivity index is 1.77. The summed E-state index contributed by atoms with van der Waals surface area (Å²) in [6, 6.07) is -0.884. The quantitative estimate of drug-likeness (QED) is 0.321. The van der Waals surface area contributed by atoms with Crippen LogP contribution in [0.1, 0.15) is 19.7 Å². The number of β-lactam (4-membered cyclic amide) rings is 1. The molecule has 2 aliphatic heterocycles. The van der Waals surface area contributed by atoms with Gasteiger partial charge in [-0.1, -0.05) is 5.16 Å². The normalized spacial score (nSPS) is 22.0. The first-order chi connectivity index (χ1) is 12.8. The van der Waals surface area contributed by atoms with Crippen LogP contribution in [-0.2, 0) is 19.2 Å². The summed E-state index contributed by atoms with van der Waals surface area (Å²) in [6.07, 6.45) is 1.17. The fourth-order valence-corrected chi connectivity index (χ4v) is 4.05. The number of anilines is 1. The summed E-state index contributed by atoms with van der Waals surface area (Å²) in [6.45, 7) is 3.46. The summed E-state index contributed by atoms with van der Waals surface area (Å²) in [5.74, 6) is -2.00. The zero-order valence-electron chi connectivity index (χ0n) is 14.3. The smallest absolute Gasteiger partial charge is 0.352 e. The third kappa shape index (κ3) is 3.73. The van der Waals surface area contributed by atoms with E-state index in [1.165, 1.54) is 17.8 Å². The van der Waals surface area contributed by atoms with Gasteiger partial charge in [0.15, 0.2) is 5.13 Å². The molecular weight excluding hydrogens is 396 g/mol. The van der Waals surface area contributed by atoms with Gasteiger partial charge in [0.05, 0.1) is 0 Å². The van der Waals surface area contributed by atoms with Gasteiger partial charge in [-0.15, -0.1) is 11.8 Å². The van der Waals surface area contributed by atoms with Crippen LogP contribution in [0.25, 0.3) is 0 Å². The number of nitrogens with zero attached hydrogens (tertiary/aromatic N) is 4. The molecular formula is C14H16N6O5S2. The number of aromatic nitrogens is 2. The van der Waals surface area contributed by atoms with Crippen molar-refractivity contribution >= 4 is 51.9 Å². The largest absolute Gasteiger partial charge is 0.477 e. The fourth-order valence-electron chi connectivity index (χ4n) is 2.42. The number of carboxylic acid groups (broad SMARTS) is 1. The Morgan fingerprint density at radius 2 is 2.26 bits per heavy atom. The number of nitrogens with two attached hydrogens (primary N) is 1. The van der Waals surface area contributed by atoms with Gasteiger partial charge in [-0.2, -0.15) is 9.36 Å². The van der Waals surface area contributed by atoms with E-state index in [1.54, 1.807) is 13.8 Å². The van der Waals surface area contributed by atoms with Crippen LogP contribution in [0.3, 0.4) is 0 Å². The van der Waals surface area contributed by atoms with Gasteiger partial charge >= 0.3 is 5.97 Å². The van der Waals surface area contributed by atoms with Gasteiger partial charge in [0.25, 0.3) is 11.8 Å². The van der Waals surface area contributed by atoms with E-state index in [0.717, 1.165) is 16.4 Å². The SMILES string of the molecule is CC(C)ON=C(C(=O)NC1C(=O)N2C(C(=O)O)=CCS[C@@H]12)c1nsc(N)n1. The number of nitrogen functional groups attached to an aromatic ring is 1. The zero-order valence-corrected chi connectivity index (χ0v) is 15.9. The van der Waals surface area contributed by atoms with Gasteiger partial charge < -0.3 is 21.0 Å². The topological polar surface area (TPSA) is 160 Å². The summed E-state index contributed by atoms with van der Waals surface area (Å²) in [4.78, 5) is 46.5. The number of carbonyl (C=O) groups excluding carboxylic acids is 2. The summed E-state index contributed by atoms with van der Waals surface area (Å²) < 4.78 is 3.95. The second-order valence-corrected chi connectivity index (χ2v) is 7.76. The van der Waals surface area contributed by atoms with Crippen molar-refractivity contribution in [3.8, 4) is 0 Å². The Labute approximate surface area is 161 Å². The zero-order chi connectivity index (χ0) is 19.7. The predicted molar refractivity (Wildman–Crippen MR) is 97.8 cm³/mol. The lowest BCUT2D eigenvalue weighted by molar-refractivity contribution is -0.150. The molecule has 1 saturated heterocycles. The average molecular weight is 412 g/mol. The number of aliphatic carboxylic acids is 1. The molecule has 4 N–H and O–H groups in total. The van der Waals surface area contributed by atoms with E-state index >= 15 is 0 Å². The molecule has 0 spiro atoms. The van der Waals surface area contributed by atoms with Crippen LogP contribution in [0.5, 0.6) is 0 Å². The van der Waals surface area contributed by atoms with Crippen LogP contribution in [-0.4, -0.2) is 66.1 Å². The Kier molecular flexibility index (Phi) is 5.32. The molecule has 1 fully saturated rings. The number of rotatable bonds is 6. The molecule has 0 bridgehead atoms. The Hall–Kier alpha value is -2.67. The first-order valence-corrected chi connectivity index (χ1v) is 9.64. The average Bonchev–Trinajstić information content (AvgIpc) is 3.04. The lowest BCUT2D eigenvalue weighted by Gasteiger charge is -2.48. The minimum atomic E-state index is -1.19. The van der Waals surface area contributed by atoms with Crippen molar-refractivity contribution in [3.63, 3.8) is 0 Å². The molecule has 0 aliphatic carbocycles. The number of hydrogen-bond donors (Lipinski definition) is 3. The van der Waals surface area contributed by atoms with Crippen LogP contribution in [0.15, 0.2) is 16.9 Å². The fraction of sp³-hybridized carbons (Fsp3) is 0.429. The maximum Gasteiger partial charge on any atom is 0.352 e. The highest BCUT2D eigenvalue weighted by Gasteiger charge is 2.53. The summed E-state index contributed by atoms with van der Waals surface area (Å²) in [5.41, 5.74) is 5.26. The van der Waals surface area contributed by atoms with Gasteiger partial charge in [0, 0.05) is 17.3 Å². The van der Waals surface area contributed by atoms with E-state index < -0.39 is 29.2 Å². The number of carboxylic acids is 1. The van der Waals surface area contributed by atoms with E-state index in [1.807, 2.05) is 0 Å². The molecule has 0 aromatic carbocycles. The van der Waals surface area contributed by atoms with Gasteiger partial charge in [-0.3, -0.25) is 14.5 Å². The van der Waals surface area contributed by atoms with E-state index in [2.05, 4.69) is 19.8 Å². The van der Waals surface area contributed by atoms with E-state index in [-0.39, 0.29) is 28.5 Å². The molecule has 1 aromatic rings. The summed E-state index contributed by atoms with van der Waals surface area (Å²) in [5, 5.41) is 15.2. The lowest BCUT2D eigenvalue weighted by Crippen LogP contribution is -2.70. The molecule has 3 heterocycles. The number of nitrogens with one attached hydrogen (secondary N) is 1. The molecule has 144 valence electrons. The van der Waals surface area contributed by atoms with Gasteiger partial charge in [-0.25, -0.2) is 4.79 Å². The second-order valence-electron chi connectivity index (χ2n) is 5.83. The number of thioether (sulfide) groups is 1. The first-order valence-electron chi connectivity index (χ1n) is 7.82. The molecule has 2 amide bonds. The van der Waals surface area contributed by atoms with Crippen LogP contribution in [0.2, 0.25) is 0 Å². The molecule has 2 atom stereocenters. The number of amides is 2. The highest BCUT2D eigenvalue weighted by atomic mass is 32.2. The van der Waals surface area contributed by atoms with Gasteiger partial charge in [0.1, 0.15) is 23.2 Å². The summed E-state index contributed by atoms with van der Waals surface area (Å²) >= 11 is 2.24. The van der Waals surface area contributed by atoms with E-state index in [0.29, 0.717) is 5.75 Å². The predicted octanol–water partition coefficient (Wildman–Crippen LogP) is -0.382. The van der Waals surface area contributed by atoms with Crippen LogP contribution < -0.4 is 11.1 Å². The van der Waals surface area contributed by atoms with Crippen molar-refractivity contribution in [1.82, 2.24) is 19.6 Å². The van der Waals surface area contributed by atoms with Crippen LogP contribution >= 0.6 is 23.3 Å². The highest BCUT2D eigenvalue weighted by molar-refractivity contribution is 8.00. The van der Waals surface area contributed by atoms with E-state index in [9.17, 15) is 19.5 Å². The van der Waals surface area contributed by atoms with Crippen LogP contribution in [0.4, 0.5) is 5.13 Å². The van der Waals surface area contributed by atoms with Crippen molar-refractivity contribution in [1.29, 1.82) is 0 Å². The van der Waals surface area contributed by atoms with Crippen molar-refractivity contribution < 1.29 is 24.3 Å². The summed E-state index contributed by atoms with van der Waals surface area (Å²) in [7, 11) is 0. The molecule has 1 unspecified atom stereocenters. The molecule has 13 heteroatoms. The monoisotopic (exact) mass is 412 g/mol. The Morgan fingerprint density at radius 3 is 2.85 bits per heavy atom. The van der Waals surface area contributed by atoms with E-state index in [4.69, 9.17) is 10.6 Å². The lowest BCUT2D eigenvalue weighted by atomic mass is 10.0.